The van der Waals surface area contributed by atoms with Crippen LogP contribution in [0, 0.1) is 23.5 Å². The Morgan fingerprint density at radius 2 is 1.39 bits per heavy atom. The van der Waals surface area contributed by atoms with Gasteiger partial charge in [-0.1, -0.05) is 24.3 Å². The van der Waals surface area contributed by atoms with Crippen LogP contribution in [0.4, 0.5) is 22.0 Å². The number of ether oxygens (including phenoxy) is 3. The lowest BCUT2D eigenvalue weighted by Crippen LogP contribution is -2.28. The lowest BCUT2D eigenvalue weighted by Gasteiger charge is -2.29. The van der Waals surface area contributed by atoms with Crippen LogP contribution in [0.5, 0.6) is 5.75 Å². The van der Waals surface area contributed by atoms with Crippen molar-refractivity contribution in [1.82, 2.24) is 0 Å². The van der Waals surface area contributed by atoms with Crippen LogP contribution in [0.3, 0.4) is 0 Å². The van der Waals surface area contributed by atoms with Crippen molar-refractivity contribution in [2.24, 2.45) is 11.8 Å². The van der Waals surface area contributed by atoms with Gasteiger partial charge in [-0.05, 0) is 42.0 Å². The SMILES string of the molecule is Fc1cc(-c2ccc(C3OCC(C4CC4)CO3)cc2)cc(F)c1OC(F)(F)F. The molecule has 1 saturated carbocycles. The number of rotatable bonds is 4. The van der Waals surface area contributed by atoms with Crippen LogP contribution in [0.1, 0.15) is 24.7 Å². The van der Waals surface area contributed by atoms with Gasteiger partial charge in [-0.2, -0.15) is 0 Å². The summed E-state index contributed by atoms with van der Waals surface area (Å²) in [6.45, 7) is 1.27. The van der Waals surface area contributed by atoms with Gasteiger partial charge in [-0.3, -0.25) is 0 Å². The highest BCUT2D eigenvalue weighted by Crippen LogP contribution is 2.40. The van der Waals surface area contributed by atoms with Crippen molar-refractivity contribution < 1.29 is 36.2 Å². The summed E-state index contributed by atoms with van der Waals surface area (Å²) in [6, 6.07) is 8.21. The van der Waals surface area contributed by atoms with Crippen molar-refractivity contribution in [3.63, 3.8) is 0 Å². The summed E-state index contributed by atoms with van der Waals surface area (Å²) in [4.78, 5) is 0. The van der Waals surface area contributed by atoms with Crippen molar-refractivity contribution in [3.05, 3.63) is 53.6 Å². The zero-order valence-corrected chi connectivity index (χ0v) is 14.6. The minimum Gasteiger partial charge on any atom is -0.399 e. The predicted molar refractivity (Wildman–Crippen MR) is 89.3 cm³/mol. The van der Waals surface area contributed by atoms with E-state index in [2.05, 4.69) is 4.74 Å². The lowest BCUT2D eigenvalue weighted by molar-refractivity contribution is -0.276. The predicted octanol–water partition coefficient (Wildman–Crippen LogP) is 5.60. The molecule has 2 fully saturated rings. The molecule has 1 aliphatic carbocycles. The van der Waals surface area contributed by atoms with E-state index in [0.29, 0.717) is 30.6 Å². The fourth-order valence-corrected chi connectivity index (χ4v) is 3.32. The third-order valence-electron chi connectivity index (χ3n) is 4.94. The molecule has 1 heterocycles. The molecule has 0 atom stereocenters. The topological polar surface area (TPSA) is 27.7 Å². The Morgan fingerprint density at radius 3 is 1.89 bits per heavy atom. The Labute approximate surface area is 158 Å². The minimum absolute atomic E-state index is 0.0929. The van der Waals surface area contributed by atoms with Crippen molar-refractivity contribution in [3.8, 4) is 16.9 Å². The monoisotopic (exact) mass is 400 g/mol. The molecule has 4 rings (SSSR count). The van der Waals surface area contributed by atoms with E-state index in [1.165, 1.54) is 12.8 Å². The molecule has 0 N–H and O–H groups in total. The fourth-order valence-electron chi connectivity index (χ4n) is 3.32. The van der Waals surface area contributed by atoms with Crippen molar-refractivity contribution in [2.45, 2.75) is 25.5 Å². The maximum Gasteiger partial charge on any atom is 0.573 e. The third kappa shape index (κ3) is 4.28. The first-order chi connectivity index (χ1) is 13.3. The van der Waals surface area contributed by atoms with Gasteiger partial charge in [0.2, 0.25) is 5.75 Å². The van der Waals surface area contributed by atoms with Crippen LogP contribution >= 0.6 is 0 Å². The van der Waals surface area contributed by atoms with E-state index in [1.807, 2.05) is 0 Å². The highest BCUT2D eigenvalue weighted by Gasteiger charge is 2.36. The summed E-state index contributed by atoms with van der Waals surface area (Å²) in [5.74, 6) is -3.21. The van der Waals surface area contributed by atoms with E-state index < -0.39 is 30.0 Å². The zero-order chi connectivity index (χ0) is 19.9. The molecule has 2 aliphatic rings. The van der Waals surface area contributed by atoms with Crippen LogP contribution in [0.25, 0.3) is 11.1 Å². The van der Waals surface area contributed by atoms with Gasteiger partial charge in [-0.25, -0.2) is 8.78 Å². The first kappa shape index (κ1) is 19.1. The number of hydrogen-bond acceptors (Lipinski definition) is 3. The molecule has 1 aliphatic heterocycles. The summed E-state index contributed by atoms with van der Waals surface area (Å²) < 4.78 is 79.4. The molecule has 1 saturated heterocycles. The second-order valence-corrected chi connectivity index (χ2v) is 7.03. The van der Waals surface area contributed by atoms with Gasteiger partial charge in [0, 0.05) is 11.5 Å². The molecule has 2 aromatic carbocycles. The Kier molecular flexibility index (Phi) is 5.01. The summed E-state index contributed by atoms with van der Waals surface area (Å²) in [5, 5.41) is 0. The largest absolute Gasteiger partial charge is 0.573 e. The standard InChI is InChI=1S/C20H17F5O3/c21-16-7-14(8-17(22)18(16)28-20(23,24)25)11-3-5-13(6-4-11)19-26-9-15(10-27-19)12-1-2-12/h3-8,12,15,19H,1-2,9-10H2. The number of hydrogen-bond donors (Lipinski definition) is 0. The van der Waals surface area contributed by atoms with Crippen LogP contribution in [0.2, 0.25) is 0 Å². The molecule has 0 radical (unpaired) electrons. The zero-order valence-electron chi connectivity index (χ0n) is 14.6. The molecular weight excluding hydrogens is 383 g/mol. The van der Waals surface area contributed by atoms with Crippen molar-refractivity contribution in [1.29, 1.82) is 0 Å². The van der Waals surface area contributed by atoms with Crippen LogP contribution in [-0.2, 0) is 9.47 Å². The van der Waals surface area contributed by atoms with Crippen LogP contribution in [0.15, 0.2) is 36.4 Å². The van der Waals surface area contributed by atoms with Gasteiger partial charge < -0.3 is 14.2 Å². The van der Waals surface area contributed by atoms with Crippen molar-refractivity contribution >= 4 is 0 Å². The minimum atomic E-state index is -5.18. The summed E-state index contributed by atoms with van der Waals surface area (Å²) in [6.07, 6.45) is -3.24. The van der Waals surface area contributed by atoms with E-state index in [4.69, 9.17) is 9.47 Å². The highest BCUT2D eigenvalue weighted by atomic mass is 19.4. The Morgan fingerprint density at radius 1 is 0.821 bits per heavy atom. The normalized spacial score (nSPS) is 22.9. The summed E-state index contributed by atoms with van der Waals surface area (Å²) >= 11 is 0. The first-order valence-corrected chi connectivity index (χ1v) is 8.88. The molecular formula is C20H17F5O3. The number of halogens is 5. The molecule has 0 unspecified atom stereocenters. The molecule has 0 bridgehead atoms. The quantitative estimate of drug-likeness (QED) is 0.625. The Balaban J connectivity index is 1.48. The van der Waals surface area contributed by atoms with E-state index in [-0.39, 0.29) is 5.56 Å². The molecule has 8 heteroatoms. The van der Waals surface area contributed by atoms with Crippen LogP contribution < -0.4 is 4.74 Å². The smallest absolute Gasteiger partial charge is 0.399 e. The van der Waals surface area contributed by atoms with Gasteiger partial charge in [0.05, 0.1) is 13.2 Å². The van der Waals surface area contributed by atoms with Gasteiger partial charge in [0.1, 0.15) is 0 Å². The lowest BCUT2D eigenvalue weighted by atomic mass is 10.0. The molecule has 0 spiro atoms. The molecule has 0 aromatic heterocycles. The van der Waals surface area contributed by atoms with E-state index in [1.54, 1.807) is 24.3 Å². The second-order valence-electron chi connectivity index (χ2n) is 7.03. The van der Waals surface area contributed by atoms with Gasteiger partial charge in [0.25, 0.3) is 0 Å². The van der Waals surface area contributed by atoms with Gasteiger partial charge in [0.15, 0.2) is 17.9 Å². The van der Waals surface area contributed by atoms with Crippen LogP contribution in [-0.4, -0.2) is 19.6 Å². The molecule has 2 aromatic rings. The molecule has 0 amide bonds. The average molecular weight is 400 g/mol. The molecule has 28 heavy (non-hydrogen) atoms. The van der Waals surface area contributed by atoms with E-state index in [0.717, 1.165) is 17.7 Å². The van der Waals surface area contributed by atoms with Gasteiger partial charge >= 0.3 is 6.36 Å². The highest BCUT2D eigenvalue weighted by molar-refractivity contribution is 5.65. The maximum atomic E-state index is 13.9. The average Bonchev–Trinajstić information content (AvgIpc) is 3.49. The first-order valence-electron chi connectivity index (χ1n) is 8.88. The second kappa shape index (κ2) is 7.33. The van der Waals surface area contributed by atoms with E-state index in [9.17, 15) is 22.0 Å². The maximum absolute atomic E-state index is 13.9. The van der Waals surface area contributed by atoms with E-state index >= 15 is 0 Å². The number of benzene rings is 2. The molecule has 3 nitrogen and oxygen atoms in total. The van der Waals surface area contributed by atoms with Gasteiger partial charge in [-0.15, -0.1) is 13.2 Å². The fraction of sp³-hybridized carbons (Fsp3) is 0.400. The van der Waals surface area contributed by atoms with Crippen molar-refractivity contribution in [2.75, 3.05) is 13.2 Å². The third-order valence-corrected chi connectivity index (χ3v) is 4.94. The number of alkyl halides is 3. The molecule has 150 valence electrons. The Hall–Kier alpha value is -2.19. The summed E-state index contributed by atoms with van der Waals surface area (Å²) in [7, 11) is 0. The Bertz CT molecular complexity index is 815. The summed E-state index contributed by atoms with van der Waals surface area (Å²) in [5.41, 5.74) is 1.29.